The average molecular weight is 385 g/mol. The van der Waals surface area contributed by atoms with Gasteiger partial charge < -0.3 is 20.5 Å². The van der Waals surface area contributed by atoms with Crippen LogP contribution in [0, 0.1) is 0 Å². The molecular formula is C19H23N5O4. The van der Waals surface area contributed by atoms with Crippen molar-refractivity contribution in [3.8, 4) is 0 Å². The van der Waals surface area contributed by atoms with E-state index in [1.807, 2.05) is 0 Å². The Morgan fingerprint density at radius 3 is 2.82 bits per heavy atom. The molecule has 3 N–H and O–H groups in total. The summed E-state index contributed by atoms with van der Waals surface area (Å²) in [6.07, 6.45) is 6.65. The van der Waals surface area contributed by atoms with Gasteiger partial charge in [0.2, 0.25) is 5.91 Å². The van der Waals surface area contributed by atoms with Gasteiger partial charge in [-0.25, -0.2) is 9.97 Å². The Morgan fingerprint density at radius 2 is 2.11 bits per heavy atom. The van der Waals surface area contributed by atoms with E-state index in [-0.39, 0.29) is 37.0 Å². The van der Waals surface area contributed by atoms with Gasteiger partial charge in [-0.1, -0.05) is 0 Å². The Labute approximate surface area is 162 Å². The normalized spacial score (nSPS) is 21.7. The van der Waals surface area contributed by atoms with E-state index >= 15 is 0 Å². The Kier molecular flexibility index (Phi) is 6.99. The van der Waals surface area contributed by atoms with Gasteiger partial charge in [0.25, 0.3) is 5.91 Å². The van der Waals surface area contributed by atoms with Crippen LogP contribution >= 0.6 is 0 Å². The molecule has 3 atom stereocenters. The first kappa shape index (κ1) is 19.8. The molecule has 28 heavy (non-hydrogen) atoms. The van der Waals surface area contributed by atoms with Crippen LogP contribution in [-0.2, 0) is 16.1 Å². The molecule has 9 heteroatoms. The summed E-state index contributed by atoms with van der Waals surface area (Å²) < 4.78 is 5.84. The highest BCUT2D eigenvalue weighted by molar-refractivity contribution is 5.94. The van der Waals surface area contributed by atoms with E-state index in [9.17, 15) is 14.7 Å². The lowest BCUT2D eigenvalue weighted by Gasteiger charge is -2.36. The molecular weight excluding hydrogens is 362 g/mol. The van der Waals surface area contributed by atoms with Gasteiger partial charge in [-0.05, 0) is 31.0 Å². The van der Waals surface area contributed by atoms with Crippen molar-refractivity contribution in [1.29, 1.82) is 0 Å². The Morgan fingerprint density at radius 1 is 1.21 bits per heavy atom. The zero-order valence-electron chi connectivity index (χ0n) is 15.3. The summed E-state index contributed by atoms with van der Waals surface area (Å²) in [7, 11) is 0. The second-order valence-corrected chi connectivity index (χ2v) is 6.56. The first-order valence-electron chi connectivity index (χ1n) is 9.14. The van der Waals surface area contributed by atoms with Gasteiger partial charge in [0, 0.05) is 18.6 Å². The van der Waals surface area contributed by atoms with Crippen molar-refractivity contribution >= 4 is 11.8 Å². The van der Waals surface area contributed by atoms with Gasteiger partial charge in [0.05, 0.1) is 43.0 Å². The number of aliphatic hydroxyl groups is 1. The summed E-state index contributed by atoms with van der Waals surface area (Å²) in [4.78, 5) is 36.2. The quantitative estimate of drug-likeness (QED) is 0.622. The van der Waals surface area contributed by atoms with Crippen molar-refractivity contribution < 1.29 is 19.4 Å². The lowest BCUT2D eigenvalue weighted by molar-refractivity contribution is -0.131. The lowest BCUT2D eigenvalue weighted by Crippen LogP contribution is -2.51. The van der Waals surface area contributed by atoms with Crippen molar-refractivity contribution in [2.45, 2.75) is 44.1 Å². The minimum atomic E-state index is -0.561. The van der Waals surface area contributed by atoms with E-state index in [1.165, 1.54) is 12.5 Å². The van der Waals surface area contributed by atoms with Crippen molar-refractivity contribution in [2.75, 3.05) is 6.61 Å². The molecule has 0 spiro atoms. The Bertz CT molecular complexity index is 774. The zero-order chi connectivity index (χ0) is 19.8. The van der Waals surface area contributed by atoms with Crippen LogP contribution < -0.4 is 10.6 Å². The van der Waals surface area contributed by atoms with Crippen LogP contribution in [0.15, 0.2) is 43.1 Å². The lowest BCUT2D eigenvalue weighted by atomic mass is 9.96. The molecule has 1 aliphatic heterocycles. The fourth-order valence-corrected chi connectivity index (χ4v) is 3.09. The van der Waals surface area contributed by atoms with Crippen molar-refractivity contribution in [1.82, 2.24) is 25.6 Å². The van der Waals surface area contributed by atoms with Gasteiger partial charge in [-0.15, -0.1) is 0 Å². The summed E-state index contributed by atoms with van der Waals surface area (Å²) in [6.45, 7) is 0.0817. The van der Waals surface area contributed by atoms with E-state index in [0.717, 1.165) is 5.69 Å². The third-order valence-corrected chi connectivity index (χ3v) is 4.56. The number of nitrogens with one attached hydrogen (secondary N) is 2. The van der Waals surface area contributed by atoms with Crippen LogP contribution in [0.3, 0.4) is 0 Å². The first-order chi connectivity index (χ1) is 13.7. The van der Waals surface area contributed by atoms with Gasteiger partial charge in [-0.3, -0.25) is 14.6 Å². The number of aromatic nitrogens is 3. The minimum Gasteiger partial charge on any atom is -0.394 e. The number of amides is 2. The maximum absolute atomic E-state index is 12.3. The van der Waals surface area contributed by atoms with Crippen molar-refractivity contribution in [3.63, 3.8) is 0 Å². The summed E-state index contributed by atoms with van der Waals surface area (Å²) in [5.74, 6) is -0.417. The zero-order valence-corrected chi connectivity index (χ0v) is 15.3. The fraction of sp³-hybridized carbons (Fsp3) is 0.421. The molecule has 3 rings (SSSR count). The number of hydrogen-bond donors (Lipinski definition) is 3. The van der Waals surface area contributed by atoms with Crippen LogP contribution in [-0.4, -0.2) is 56.7 Å². The number of hydrogen-bond acceptors (Lipinski definition) is 7. The van der Waals surface area contributed by atoms with Crippen LogP contribution in [0.5, 0.6) is 0 Å². The first-order valence-corrected chi connectivity index (χ1v) is 9.14. The topological polar surface area (TPSA) is 126 Å². The van der Waals surface area contributed by atoms with E-state index in [0.29, 0.717) is 24.9 Å². The maximum atomic E-state index is 12.3. The van der Waals surface area contributed by atoms with Gasteiger partial charge in [-0.2, -0.15) is 0 Å². The number of carbonyl (C=O) groups excluding carboxylic acids is 2. The SMILES string of the molecule is O=C(C[C@H]1CC[C@@H](NC(=O)c2cccnc2)[C@@H](CO)O1)NCc1ccncn1. The Hall–Kier alpha value is -2.91. The predicted octanol–water partition coefficient (Wildman–Crippen LogP) is 0.216. The molecule has 0 aromatic carbocycles. The van der Waals surface area contributed by atoms with Crippen LogP contribution in [0.4, 0.5) is 0 Å². The van der Waals surface area contributed by atoms with Crippen molar-refractivity contribution in [2.24, 2.45) is 0 Å². The number of carbonyl (C=O) groups is 2. The predicted molar refractivity (Wildman–Crippen MR) is 99.0 cm³/mol. The molecule has 9 nitrogen and oxygen atoms in total. The van der Waals surface area contributed by atoms with E-state index in [1.54, 1.807) is 30.6 Å². The highest BCUT2D eigenvalue weighted by atomic mass is 16.5. The average Bonchev–Trinajstić information content (AvgIpc) is 2.74. The molecule has 2 aromatic heterocycles. The smallest absolute Gasteiger partial charge is 0.253 e. The van der Waals surface area contributed by atoms with E-state index < -0.39 is 6.10 Å². The van der Waals surface area contributed by atoms with Gasteiger partial charge in [0.1, 0.15) is 12.4 Å². The second kappa shape index (κ2) is 9.86. The molecule has 2 aromatic rings. The van der Waals surface area contributed by atoms with E-state index in [4.69, 9.17) is 4.74 Å². The molecule has 3 heterocycles. The summed E-state index contributed by atoms with van der Waals surface area (Å²) in [5, 5.41) is 15.3. The highest BCUT2D eigenvalue weighted by Gasteiger charge is 2.33. The molecule has 0 bridgehead atoms. The number of pyridine rings is 1. The van der Waals surface area contributed by atoms with Crippen LogP contribution in [0.1, 0.15) is 35.3 Å². The molecule has 0 aliphatic carbocycles. The fourth-order valence-electron chi connectivity index (χ4n) is 3.09. The number of aliphatic hydroxyl groups excluding tert-OH is 1. The maximum Gasteiger partial charge on any atom is 0.253 e. The summed E-state index contributed by atoms with van der Waals surface area (Å²) >= 11 is 0. The molecule has 1 aliphatic rings. The number of rotatable bonds is 7. The molecule has 0 saturated carbocycles. The molecule has 1 fully saturated rings. The van der Waals surface area contributed by atoms with Crippen LogP contribution in [0.25, 0.3) is 0 Å². The largest absolute Gasteiger partial charge is 0.394 e. The number of nitrogens with zero attached hydrogens (tertiary/aromatic N) is 3. The van der Waals surface area contributed by atoms with Crippen molar-refractivity contribution in [3.05, 3.63) is 54.4 Å². The molecule has 2 amide bonds. The molecule has 148 valence electrons. The van der Waals surface area contributed by atoms with Gasteiger partial charge >= 0.3 is 0 Å². The molecule has 0 radical (unpaired) electrons. The van der Waals surface area contributed by atoms with Gasteiger partial charge in [0.15, 0.2) is 0 Å². The van der Waals surface area contributed by atoms with Crippen LogP contribution in [0.2, 0.25) is 0 Å². The Balaban J connectivity index is 1.47. The third-order valence-electron chi connectivity index (χ3n) is 4.56. The minimum absolute atomic E-state index is 0.154. The monoisotopic (exact) mass is 385 g/mol. The number of ether oxygens (including phenoxy) is 1. The summed E-state index contributed by atoms with van der Waals surface area (Å²) in [6, 6.07) is 4.77. The highest BCUT2D eigenvalue weighted by Crippen LogP contribution is 2.22. The van der Waals surface area contributed by atoms with E-state index in [2.05, 4.69) is 25.6 Å². The summed E-state index contributed by atoms with van der Waals surface area (Å²) in [5.41, 5.74) is 1.17. The second-order valence-electron chi connectivity index (χ2n) is 6.56. The molecule has 1 saturated heterocycles. The standard InChI is InChI=1S/C19H23N5O4/c25-11-17-16(24-19(27)13-2-1-6-20-9-13)4-3-15(28-17)8-18(26)22-10-14-5-7-21-12-23-14/h1-2,5-7,9,12,15-17,25H,3-4,8,10-11H2,(H,22,26)(H,24,27)/t15-,16-,17-/m1/s1. The molecule has 0 unspecified atom stereocenters. The third kappa shape index (κ3) is 5.54.